The molecule has 11 heteroatoms. The van der Waals surface area contributed by atoms with Gasteiger partial charge in [0.15, 0.2) is 0 Å². The summed E-state index contributed by atoms with van der Waals surface area (Å²) in [6.07, 6.45) is 4.27. The normalized spacial score (nSPS) is 19.5. The third kappa shape index (κ3) is 5.02. The van der Waals surface area contributed by atoms with E-state index in [0.717, 1.165) is 17.7 Å². The largest absolute Gasteiger partial charge is 0.457 e. The van der Waals surface area contributed by atoms with Crippen LogP contribution in [0.25, 0.3) is 10.2 Å². The Morgan fingerprint density at radius 2 is 1.93 bits per heavy atom. The molecule has 1 fully saturated rings. The van der Waals surface area contributed by atoms with Crippen LogP contribution in [0.2, 0.25) is 0 Å². The maximum Gasteiger partial charge on any atom is 0.331 e. The Morgan fingerprint density at radius 3 is 2.68 bits per heavy atom. The first-order valence-corrected chi connectivity index (χ1v) is 14.5. The van der Waals surface area contributed by atoms with E-state index >= 15 is 0 Å². The van der Waals surface area contributed by atoms with Crippen LogP contribution >= 0.6 is 24.0 Å². The van der Waals surface area contributed by atoms with Crippen LogP contribution < -0.4 is 25.6 Å². The first-order valence-electron chi connectivity index (χ1n) is 13.1. The standard InChI is InChI=1S/C30H27N5O4S2/c1-3-23(36)32-19-10-12-22(40)25(19)33-28(37)27-26-24-21(13-14-31-29(24)41-27)35(30(38)34-26)20-11-9-18(15-16(20)2)39-17-7-5-4-6-8-17/h3-9,11,13-15,19,22,25,40H,1,10,12H2,2H3,(H,32,36)(H,33,37)(H,34,38)/t19-,22?,25-/m1/s1. The third-order valence-electron chi connectivity index (χ3n) is 7.27. The topological polar surface area (TPSA) is 113 Å². The van der Waals surface area contributed by atoms with Gasteiger partial charge in [0, 0.05) is 11.4 Å². The Hall–Kier alpha value is -4.35. The third-order valence-corrected chi connectivity index (χ3v) is 8.95. The lowest BCUT2D eigenvalue weighted by Crippen LogP contribution is -2.51. The predicted octanol–water partition coefficient (Wildman–Crippen LogP) is 5.94. The molecule has 2 aliphatic rings. The van der Waals surface area contributed by atoms with Gasteiger partial charge >= 0.3 is 6.03 Å². The van der Waals surface area contributed by atoms with Crippen molar-refractivity contribution in [3.8, 4) is 11.5 Å². The summed E-state index contributed by atoms with van der Waals surface area (Å²) in [5, 5.41) is 9.41. The van der Waals surface area contributed by atoms with Crippen LogP contribution in [0.5, 0.6) is 11.5 Å². The molecule has 1 saturated carbocycles. The van der Waals surface area contributed by atoms with E-state index in [1.54, 1.807) is 17.2 Å². The van der Waals surface area contributed by atoms with Crippen molar-refractivity contribution in [2.24, 2.45) is 0 Å². The fourth-order valence-corrected chi connectivity index (χ4v) is 6.80. The molecule has 3 atom stereocenters. The van der Waals surface area contributed by atoms with E-state index in [-0.39, 0.29) is 35.2 Å². The molecule has 6 rings (SSSR count). The highest BCUT2D eigenvalue weighted by Crippen LogP contribution is 2.46. The van der Waals surface area contributed by atoms with Gasteiger partial charge in [-0.3, -0.25) is 14.5 Å². The maximum atomic E-state index is 13.6. The fourth-order valence-electron chi connectivity index (χ4n) is 5.35. The van der Waals surface area contributed by atoms with E-state index in [2.05, 4.69) is 40.1 Å². The van der Waals surface area contributed by atoms with Gasteiger partial charge in [-0.1, -0.05) is 24.8 Å². The molecule has 0 spiro atoms. The Labute approximate surface area is 246 Å². The first-order chi connectivity index (χ1) is 19.8. The minimum atomic E-state index is -0.388. The molecular formula is C30H27N5O4S2. The molecule has 3 heterocycles. The quantitative estimate of drug-likeness (QED) is 0.158. The molecule has 0 saturated heterocycles. The number of nitrogens with zero attached hydrogens (tertiary/aromatic N) is 2. The molecular weight excluding hydrogens is 558 g/mol. The molecule has 0 radical (unpaired) electrons. The second kappa shape index (κ2) is 10.9. The predicted molar refractivity (Wildman–Crippen MR) is 164 cm³/mol. The van der Waals surface area contributed by atoms with E-state index < -0.39 is 0 Å². The van der Waals surface area contributed by atoms with Crippen LogP contribution in [0.1, 0.15) is 28.1 Å². The number of anilines is 3. The first kappa shape index (κ1) is 26.9. The number of hydrogen-bond donors (Lipinski definition) is 4. The number of urea groups is 1. The minimum absolute atomic E-state index is 0.129. The zero-order chi connectivity index (χ0) is 28.7. The molecule has 41 heavy (non-hydrogen) atoms. The minimum Gasteiger partial charge on any atom is -0.457 e. The second-order valence-corrected chi connectivity index (χ2v) is 11.6. The summed E-state index contributed by atoms with van der Waals surface area (Å²) in [6.45, 7) is 5.42. The number of thiophene rings is 1. The summed E-state index contributed by atoms with van der Waals surface area (Å²) >= 11 is 5.85. The lowest BCUT2D eigenvalue weighted by Gasteiger charge is -2.30. The Morgan fingerprint density at radius 1 is 1.12 bits per heavy atom. The highest BCUT2D eigenvalue weighted by Gasteiger charge is 2.38. The van der Waals surface area contributed by atoms with Gasteiger partial charge in [-0.05, 0) is 67.8 Å². The average molecular weight is 586 g/mol. The number of benzene rings is 2. The van der Waals surface area contributed by atoms with Gasteiger partial charge < -0.3 is 20.7 Å². The van der Waals surface area contributed by atoms with Crippen molar-refractivity contribution in [2.75, 3.05) is 10.2 Å². The van der Waals surface area contributed by atoms with E-state index in [1.165, 1.54) is 17.4 Å². The van der Waals surface area contributed by atoms with E-state index in [4.69, 9.17) is 4.74 Å². The molecule has 4 amide bonds. The number of rotatable bonds is 7. The Balaban J connectivity index is 1.31. The number of aromatic nitrogens is 1. The van der Waals surface area contributed by atoms with Gasteiger partial charge in [0.05, 0.1) is 34.5 Å². The molecule has 208 valence electrons. The molecule has 2 aromatic heterocycles. The van der Waals surface area contributed by atoms with E-state index in [1.807, 2.05) is 55.5 Å². The highest BCUT2D eigenvalue weighted by molar-refractivity contribution is 7.81. The fraction of sp³-hybridized carbons (Fsp3) is 0.200. The Bertz CT molecular complexity index is 1690. The number of para-hydroxylation sites is 1. The van der Waals surface area contributed by atoms with E-state index in [0.29, 0.717) is 44.3 Å². The summed E-state index contributed by atoms with van der Waals surface area (Å²) in [6, 6.07) is 15.8. The zero-order valence-electron chi connectivity index (χ0n) is 22.1. The highest BCUT2D eigenvalue weighted by atomic mass is 32.1. The van der Waals surface area contributed by atoms with Crippen LogP contribution in [0.4, 0.5) is 21.9 Å². The SMILES string of the molecule is C=CC(=O)N[C@@H]1CCC(S)[C@@H]1NC(=O)c1sc2nccc3c2c1NC(=O)N3c1ccc(Oc2ccccc2)cc1C. The number of pyridine rings is 1. The van der Waals surface area contributed by atoms with Crippen molar-refractivity contribution >= 4 is 69.1 Å². The molecule has 0 bridgehead atoms. The zero-order valence-corrected chi connectivity index (χ0v) is 23.8. The number of nitrogens with one attached hydrogen (secondary N) is 3. The molecule has 1 aliphatic heterocycles. The van der Waals surface area contributed by atoms with Gasteiger partial charge in [0.25, 0.3) is 5.91 Å². The monoisotopic (exact) mass is 585 g/mol. The molecule has 9 nitrogen and oxygen atoms in total. The van der Waals surface area contributed by atoms with Crippen molar-refractivity contribution in [2.45, 2.75) is 37.1 Å². The number of thiol groups is 1. The number of carbonyl (C=O) groups is 3. The molecule has 2 aromatic carbocycles. The van der Waals surface area contributed by atoms with Crippen LogP contribution in [-0.4, -0.2) is 40.2 Å². The molecule has 1 unspecified atom stereocenters. The summed E-state index contributed by atoms with van der Waals surface area (Å²) in [5.41, 5.74) is 2.58. The number of ether oxygens (including phenoxy) is 1. The van der Waals surface area contributed by atoms with Crippen LogP contribution in [0.3, 0.4) is 0 Å². The Kier molecular flexibility index (Phi) is 7.14. The van der Waals surface area contributed by atoms with Gasteiger partial charge in [0.2, 0.25) is 5.91 Å². The van der Waals surface area contributed by atoms with Crippen molar-refractivity contribution in [3.63, 3.8) is 0 Å². The lowest BCUT2D eigenvalue weighted by atomic mass is 10.1. The summed E-state index contributed by atoms with van der Waals surface area (Å²) in [5.74, 6) is 0.716. The van der Waals surface area contributed by atoms with Crippen molar-refractivity contribution in [1.82, 2.24) is 15.6 Å². The van der Waals surface area contributed by atoms with Gasteiger partial charge in [-0.15, -0.1) is 11.3 Å². The number of hydrogen-bond acceptors (Lipinski definition) is 7. The second-order valence-electron chi connectivity index (χ2n) is 9.91. The van der Waals surface area contributed by atoms with Gasteiger partial charge in [-0.25, -0.2) is 9.78 Å². The van der Waals surface area contributed by atoms with Crippen LogP contribution in [0, 0.1) is 6.92 Å². The summed E-state index contributed by atoms with van der Waals surface area (Å²) in [7, 11) is 0. The van der Waals surface area contributed by atoms with Crippen molar-refractivity contribution in [1.29, 1.82) is 0 Å². The summed E-state index contributed by atoms with van der Waals surface area (Å²) < 4.78 is 5.96. The van der Waals surface area contributed by atoms with Gasteiger partial charge in [-0.2, -0.15) is 12.6 Å². The van der Waals surface area contributed by atoms with Crippen LogP contribution in [-0.2, 0) is 4.79 Å². The van der Waals surface area contributed by atoms with Crippen molar-refractivity contribution < 1.29 is 19.1 Å². The molecule has 1 aliphatic carbocycles. The van der Waals surface area contributed by atoms with Gasteiger partial charge in [0.1, 0.15) is 21.2 Å². The van der Waals surface area contributed by atoms with E-state index in [9.17, 15) is 14.4 Å². The lowest BCUT2D eigenvalue weighted by molar-refractivity contribution is -0.117. The molecule has 3 N–H and O–H groups in total. The van der Waals surface area contributed by atoms with Crippen molar-refractivity contribution in [3.05, 3.63) is 83.9 Å². The number of aryl methyl sites for hydroxylation is 1. The maximum absolute atomic E-state index is 13.6. The summed E-state index contributed by atoms with van der Waals surface area (Å²) in [4.78, 5) is 46.1. The smallest absolute Gasteiger partial charge is 0.331 e. The number of carbonyl (C=O) groups excluding carboxylic acids is 3. The molecule has 4 aromatic rings. The number of amides is 4. The average Bonchev–Trinajstić information content (AvgIpc) is 3.50. The van der Waals surface area contributed by atoms with Crippen LogP contribution in [0.15, 0.2) is 73.4 Å².